The summed E-state index contributed by atoms with van der Waals surface area (Å²) in [5.41, 5.74) is 8.48. The van der Waals surface area contributed by atoms with Gasteiger partial charge in [-0.25, -0.2) is 0 Å². The summed E-state index contributed by atoms with van der Waals surface area (Å²) in [6.45, 7) is 12.8. The molecular formula is C15H29N5. The lowest BCUT2D eigenvalue weighted by Crippen LogP contribution is -2.57. The lowest BCUT2D eigenvalue weighted by molar-refractivity contribution is 0.0528. The van der Waals surface area contributed by atoms with Gasteiger partial charge in [-0.3, -0.25) is 14.5 Å². The molecule has 1 saturated heterocycles. The minimum absolute atomic E-state index is 0.119. The van der Waals surface area contributed by atoms with Crippen LogP contribution in [-0.4, -0.2) is 57.8 Å². The monoisotopic (exact) mass is 279 g/mol. The second kappa shape index (κ2) is 6.24. The highest BCUT2D eigenvalue weighted by molar-refractivity contribution is 5.10. The first-order valence-electron chi connectivity index (χ1n) is 7.65. The van der Waals surface area contributed by atoms with Crippen molar-refractivity contribution in [3.63, 3.8) is 0 Å². The standard InChI is InChI=1S/C15H29N5/c1-5-13-10-14(18(4)17-13)11-19-6-8-20(9-7-19)15(2,3)12-16/h10H,5-9,11-12,16H2,1-4H3. The lowest BCUT2D eigenvalue weighted by atomic mass is 10.0. The molecule has 2 rings (SSSR count). The van der Waals surface area contributed by atoms with E-state index in [1.165, 1.54) is 11.4 Å². The average molecular weight is 279 g/mol. The predicted octanol–water partition coefficient (Wildman–Crippen LogP) is 0.837. The highest BCUT2D eigenvalue weighted by atomic mass is 15.3. The summed E-state index contributed by atoms with van der Waals surface area (Å²) in [5.74, 6) is 0. The molecule has 1 aliphatic heterocycles. The van der Waals surface area contributed by atoms with Crippen LogP contribution in [0.5, 0.6) is 0 Å². The van der Waals surface area contributed by atoms with Gasteiger partial charge in [0.25, 0.3) is 0 Å². The second-order valence-electron chi connectivity index (χ2n) is 6.38. The van der Waals surface area contributed by atoms with Gasteiger partial charge < -0.3 is 5.73 Å². The van der Waals surface area contributed by atoms with E-state index in [4.69, 9.17) is 5.73 Å². The Labute approximate surface area is 122 Å². The Morgan fingerprint density at radius 1 is 1.25 bits per heavy atom. The third kappa shape index (κ3) is 3.40. The SMILES string of the molecule is CCc1cc(CN2CCN(C(C)(C)CN)CC2)n(C)n1. The molecule has 0 spiro atoms. The molecule has 2 heterocycles. The molecule has 114 valence electrons. The molecule has 1 fully saturated rings. The number of hydrogen-bond donors (Lipinski definition) is 1. The maximum atomic E-state index is 5.87. The highest BCUT2D eigenvalue weighted by Crippen LogP contribution is 2.17. The first-order chi connectivity index (χ1) is 9.46. The van der Waals surface area contributed by atoms with Crippen LogP contribution in [0.2, 0.25) is 0 Å². The van der Waals surface area contributed by atoms with Gasteiger partial charge >= 0.3 is 0 Å². The van der Waals surface area contributed by atoms with Crippen molar-refractivity contribution in [1.82, 2.24) is 19.6 Å². The minimum Gasteiger partial charge on any atom is -0.329 e. The molecule has 1 aromatic rings. The van der Waals surface area contributed by atoms with Crippen molar-refractivity contribution >= 4 is 0 Å². The molecule has 0 radical (unpaired) electrons. The van der Waals surface area contributed by atoms with Gasteiger partial charge in [0, 0.05) is 51.9 Å². The highest BCUT2D eigenvalue weighted by Gasteiger charge is 2.28. The predicted molar refractivity (Wildman–Crippen MR) is 82.6 cm³/mol. The molecule has 0 bridgehead atoms. The number of aryl methyl sites for hydroxylation is 2. The molecular weight excluding hydrogens is 250 g/mol. The maximum absolute atomic E-state index is 5.87. The number of hydrogen-bond acceptors (Lipinski definition) is 4. The Morgan fingerprint density at radius 2 is 1.90 bits per heavy atom. The number of rotatable bonds is 5. The quantitative estimate of drug-likeness (QED) is 0.868. The molecule has 0 unspecified atom stereocenters. The van der Waals surface area contributed by atoms with Crippen LogP contribution in [0.1, 0.15) is 32.2 Å². The molecule has 0 aliphatic carbocycles. The summed E-state index contributed by atoms with van der Waals surface area (Å²) < 4.78 is 2.02. The fourth-order valence-corrected chi connectivity index (χ4v) is 2.76. The van der Waals surface area contributed by atoms with Gasteiger partial charge in [0.05, 0.1) is 11.4 Å². The molecule has 2 N–H and O–H groups in total. The molecule has 0 aromatic carbocycles. The van der Waals surface area contributed by atoms with Crippen LogP contribution in [0.15, 0.2) is 6.07 Å². The molecule has 5 nitrogen and oxygen atoms in total. The summed E-state index contributed by atoms with van der Waals surface area (Å²) in [7, 11) is 2.04. The molecule has 5 heteroatoms. The Kier molecular flexibility index (Phi) is 4.83. The van der Waals surface area contributed by atoms with E-state index in [-0.39, 0.29) is 5.54 Å². The van der Waals surface area contributed by atoms with Crippen molar-refractivity contribution in [2.75, 3.05) is 32.7 Å². The normalized spacial score (nSPS) is 18.6. The molecule has 0 amide bonds. The van der Waals surface area contributed by atoms with E-state index in [2.05, 4.69) is 41.7 Å². The largest absolute Gasteiger partial charge is 0.329 e. The van der Waals surface area contributed by atoms with E-state index in [1.54, 1.807) is 0 Å². The van der Waals surface area contributed by atoms with Gasteiger partial charge in [-0.15, -0.1) is 0 Å². The maximum Gasteiger partial charge on any atom is 0.0625 e. The molecule has 0 saturated carbocycles. The van der Waals surface area contributed by atoms with E-state index >= 15 is 0 Å². The van der Waals surface area contributed by atoms with E-state index < -0.39 is 0 Å². The molecule has 1 aromatic heterocycles. The van der Waals surface area contributed by atoms with E-state index in [0.29, 0.717) is 6.54 Å². The topological polar surface area (TPSA) is 50.3 Å². The van der Waals surface area contributed by atoms with Crippen molar-refractivity contribution in [3.8, 4) is 0 Å². The van der Waals surface area contributed by atoms with Crippen molar-refractivity contribution in [1.29, 1.82) is 0 Å². The first kappa shape index (κ1) is 15.5. The van der Waals surface area contributed by atoms with Gasteiger partial charge in [-0.05, 0) is 26.3 Å². The fourth-order valence-electron chi connectivity index (χ4n) is 2.76. The second-order valence-corrected chi connectivity index (χ2v) is 6.38. The fraction of sp³-hybridized carbons (Fsp3) is 0.800. The molecule has 0 atom stereocenters. The Bertz CT molecular complexity index is 429. The van der Waals surface area contributed by atoms with Gasteiger partial charge in [0.2, 0.25) is 0 Å². The number of nitrogens with two attached hydrogens (primary N) is 1. The van der Waals surface area contributed by atoms with Crippen molar-refractivity contribution in [2.45, 2.75) is 39.3 Å². The third-order valence-corrected chi connectivity index (χ3v) is 4.50. The zero-order chi connectivity index (χ0) is 14.8. The lowest BCUT2D eigenvalue weighted by Gasteiger charge is -2.43. The minimum atomic E-state index is 0.119. The van der Waals surface area contributed by atoms with Crippen LogP contribution in [0, 0.1) is 0 Å². The van der Waals surface area contributed by atoms with Crippen LogP contribution in [0.25, 0.3) is 0 Å². The van der Waals surface area contributed by atoms with E-state index in [1.807, 2.05) is 11.7 Å². The molecule has 20 heavy (non-hydrogen) atoms. The smallest absolute Gasteiger partial charge is 0.0625 e. The zero-order valence-corrected chi connectivity index (χ0v) is 13.4. The van der Waals surface area contributed by atoms with Crippen molar-refractivity contribution < 1.29 is 0 Å². The van der Waals surface area contributed by atoms with Crippen molar-refractivity contribution in [2.24, 2.45) is 12.8 Å². The summed E-state index contributed by atoms with van der Waals surface area (Å²) in [5, 5.41) is 4.53. The third-order valence-electron chi connectivity index (χ3n) is 4.50. The summed E-state index contributed by atoms with van der Waals surface area (Å²) in [4.78, 5) is 5.02. The van der Waals surface area contributed by atoms with Crippen LogP contribution in [0.3, 0.4) is 0 Å². The van der Waals surface area contributed by atoms with Gasteiger partial charge in [-0.2, -0.15) is 5.10 Å². The van der Waals surface area contributed by atoms with Crippen LogP contribution in [0.4, 0.5) is 0 Å². The summed E-state index contributed by atoms with van der Waals surface area (Å²) >= 11 is 0. The molecule has 1 aliphatic rings. The Hall–Kier alpha value is -0.910. The number of piperazine rings is 1. The zero-order valence-electron chi connectivity index (χ0n) is 13.4. The first-order valence-corrected chi connectivity index (χ1v) is 7.65. The van der Waals surface area contributed by atoms with Gasteiger partial charge in [0.1, 0.15) is 0 Å². The summed E-state index contributed by atoms with van der Waals surface area (Å²) in [6.07, 6.45) is 1.01. The number of nitrogens with zero attached hydrogens (tertiary/aromatic N) is 4. The van der Waals surface area contributed by atoms with Crippen LogP contribution >= 0.6 is 0 Å². The van der Waals surface area contributed by atoms with Crippen molar-refractivity contribution in [3.05, 3.63) is 17.5 Å². The Balaban J connectivity index is 1.89. The Morgan fingerprint density at radius 3 is 2.40 bits per heavy atom. The number of aromatic nitrogens is 2. The van der Waals surface area contributed by atoms with Crippen LogP contribution in [-0.2, 0) is 20.0 Å². The van der Waals surface area contributed by atoms with Gasteiger partial charge in [-0.1, -0.05) is 6.92 Å². The summed E-state index contributed by atoms with van der Waals surface area (Å²) in [6, 6.07) is 2.23. The van der Waals surface area contributed by atoms with Crippen LogP contribution < -0.4 is 5.73 Å². The van der Waals surface area contributed by atoms with Gasteiger partial charge in [0.15, 0.2) is 0 Å². The average Bonchev–Trinajstić information content (AvgIpc) is 2.80. The van der Waals surface area contributed by atoms with E-state index in [0.717, 1.165) is 39.1 Å². The van der Waals surface area contributed by atoms with E-state index in [9.17, 15) is 0 Å².